The standard InChI is InChI=1S/C14H21N3O3S/c18-13(19)11-9-21-12(17-11)7-8-15-14(20)16-10-5-3-1-2-4-6-10/h9-10H,1-8H2,(H,18,19)(H2,15,16,20). The number of aromatic nitrogens is 1. The molecule has 0 spiro atoms. The van der Waals surface area contributed by atoms with Gasteiger partial charge in [0.1, 0.15) is 0 Å². The number of carboxylic acids is 1. The summed E-state index contributed by atoms with van der Waals surface area (Å²) >= 11 is 1.30. The Bertz CT molecular complexity index is 482. The second-order valence-corrected chi connectivity index (χ2v) is 6.21. The van der Waals surface area contributed by atoms with Crippen molar-refractivity contribution in [3.05, 3.63) is 16.1 Å². The van der Waals surface area contributed by atoms with E-state index < -0.39 is 5.97 Å². The molecule has 1 aliphatic rings. The van der Waals surface area contributed by atoms with Gasteiger partial charge in [0.2, 0.25) is 0 Å². The Morgan fingerprint density at radius 1 is 1.29 bits per heavy atom. The molecule has 1 saturated carbocycles. The van der Waals surface area contributed by atoms with Crippen molar-refractivity contribution in [3.8, 4) is 0 Å². The second-order valence-electron chi connectivity index (χ2n) is 5.27. The van der Waals surface area contributed by atoms with Gasteiger partial charge in [0.25, 0.3) is 0 Å². The number of carboxylic acid groups (broad SMARTS) is 1. The van der Waals surface area contributed by atoms with Crippen LogP contribution in [-0.2, 0) is 6.42 Å². The SMILES string of the molecule is O=C(NCCc1nc(C(=O)O)cs1)NC1CCCCCC1. The number of urea groups is 1. The van der Waals surface area contributed by atoms with Crippen LogP contribution in [0.1, 0.15) is 54.0 Å². The monoisotopic (exact) mass is 311 g/mol. The van der Waals surface area contributed by atoms with E-state index in [0.29, 0.717) is 13.0 Å². The van der Waals surface area contributed by atoms with Crippen molar-refractivity contribution in [1.29, 1.82) is 0 Å². The molecule has 0 atom stereocenters. The fraction of sp³-hybridized carbons (Fsp3) is 0.643. The molecule has 21 heavy (non-hydrogen) atoms. The molecule has 2 rings (SSSR count). The van der Waals surface area contributed by atoms with Crippen LogP contribution in [0.2, 0.25) is 0 Å². The molecule has 0 aliphatic heterocycles. The number of rotatable bonds is 5. The van der Waals surface area contributed by atoms with Gasteiger partial charge in [-0.2, -0.15) is 0 Å². The molecule has 3 N–H and O–H groups in total. The lowest BCUT2D eigenvalue weighted by Gasteiger charge is -2.16. The van der Waals surface area contributed by atoms with Gasteiger partial charge in [-0.25, -0.2) is 14.6 Å². The normalized spacial score (nSPS) is 16.2. The molecule has 0 aromatic carbocycles. The molecular weight excluding hydrogens is 290 g/mol. The first-order valence-electron chi connectivity index (χ1n) is 7.37. The Morgan fingerprint density at radius 2 is 2.00 bits per heavy atom. The van der Waals surface area contributed by atoms with Gasteiger partial charge >= 0.3 is 12.0 Å². The van der Waals surface area contributed by atoms with E-state index in [4.69, 9.17) is 5.11 Å². The lowest BCUT2D eigenvalue weighted by molar-refractivity contribution is 0.0691. The van der Waals surface area contributed by atoms with Gasteiger partial charge in [-0.1, -0.05) is 25.7 Å². The van der Waals surface area contributed by atoms with Gasteiger partial charge in [-0.15, -0.1) is 11.3 Å². The van der Waals surface area contributed by atoms with Gasteiger partial charge in [0.15, 0.2) is 5.69 Å². The summed E-state index contributed by atoms with van der Waals surface area (Å²) in [7, 11) is 0. The zero-order valence-electron chi connectivity index (χ0n) is 11.9. The van der Waals surface area contributed by atoms with Crippen LogP contribution >= 0.6 is 11.3 Å². The fourth-order valence-electron chi connectivity index (χ4n) is 2.47. The smallest absolute Gasteiger partial charge is 0.355 e. The van der Waals surface area contributed by atoms with Crippen molar-refractivity contribution >= 4 is 23.3 Å². The third kappa shape index (κ3) is 5.34. The highest BCUT2D eigenvalue weighted by molar-refractivity contribution is 7.09. The van der Waals surface area contributed by atoms with E-state index in [1.165, 1.54) is 42.4 Å². The molecule has 1 aliphatic carbocycles. The minimum absolute atomic E-state index is 0.0675. The topological polar surface area (TPSA) is 91.3 Å². The minimum Gasteiger partial charge on any atom is -0.476 e. The quantitative estimate of drug-likeness (QED) is 0.728. The van der Waals surface area contributed by atoms with Crippen LogP contribution in [0, 0.1) is 0 Å². The average Bonchev–Trinajstić information content (AvgIpc) is 2.77. The van der Waals surface area contributed by atoms with Crippen LogP contribution in [0.4, 0.5) is 4.79 Å². The Hall–Kier alpha value is -1.63. The van der Waals surface area contributed by atoms with Crippen molar-refractivity contribution < 1.29 is 14.7 Å². The molecule has 1 aromatic rings. The summed E-state index contributed by atoms with van der Waals surface area (Å²) in [5.41, 5.74) is 0.0675. The molecule has 1 aromatic heterocycles. The molecule has 6 nitrogen and oxygen atoms in total. The highest BCUT2D eigenvalue weighted by atomic mass is 32.1. The summed E-state index contributed by atoms with van der Waals surface area (Å²) in [5.74, 6) is -1.02. The highest BCUT2D eigenvalue weighted by Gasteiger charge is 2.14. The summed E-state index contributed by atoms with van der Waals surface area (Å²) < 4.78 is 0. The predicted molar refractivity (Wildman–Crippen MR) is 80.8 cm³/mol. The molecule has 0 radical (unpaired) electrons. The number of hydrogen-bond acceptors (Lipinski definition) is 4. The van der Waals surface area contributed by atoms with E-state index in [2.05, 4.69) is 15.6 Å². The first-order chi connectivity index (χ1) is 10.1. The third-order valence-electron chi connectivity index (χ3n) is 3.59. The Balaban J connectivity index is 1.67. The number of hydrogen-bond donors (Lipinski definition) is 3. The number of aromatic carboxylic acids is 1. The Labute approximate surface area is 128 Å². The number of amides is 2. The number of carbonyl (C=O) groups excluding carboxylic acids is 1. The van der Waals surface area contributed by atoms with Gasteiger partial charge in [0.05, 0.1) is 5.01 Å². The van der Waals surface area contributed by atoms with Crippen molar-refractivity contribution in [3.63, 3.8) is 0 Å². The van der Waals surface area contributed by atoms with Crippen LogP contribution < -0.4 is 10.6 Å². The van der Waals surface area contributed by atoms with Crippen LogP contribution in [0.5, 0.6) is 0 Å². The second kappa shape index (κ2) is 7.97. The first-order valence-corrected chi connectivity index (χ1v) is 8.25. The third-order valence-corrected chi connectivity index (χ3v) is 4.49. The maximum Gasteiger partial charge on any atom is 0.355 e. The maximum atomic E-state index is 11.8. The molecular formula is C14H21N3O3S. The van der Waals surface area contributed by atoms with E-state index >= 15 is 0 Å². The summed E-state index contributed by atoms with van der Waals surface area (Å²) in [6, 6.07) is 0.142. The summed E-state index contributed by atoms with van der Waals surface area (Å²) in [6.45, 7) is 0.463. The lowest BCUT2D eigenvalue weighted by Crippen LogP contribution is -2.42. The predicted octanol–water partition coefficient (Wildman–Crippen LogP) is 2.41. The molecule has 116 valence electrons. The number of thiazole rings is 1. The van der Waals surface area contributed by atoms with Crippen LogP contribution in [0.15, 0.2) is 5.38 Å². The van der Waals surface area contributed by atoms with Crippen LogP contribution in [0.3, 0.4) is 0 Å². The van der Waals surface area contributed by atoms with Crippen LogP contribution in [0.25, 0.3) is 0 Å². The van der Waals surface area contributed by atoms with Gasteiger partial charge in [-0.05, 0) is 12.8 Å². The zero-order chi connectivity index (χ0) is 15.1. The number of nitrogens with one attached hydrogen (secondary N) is 2. The molecule has 7 heteroatoms. The van der Waals surface area contributed by atoms with Crippen molar-refractivity contribution in [2.75, 3.05) is 6.54 Å². The molecule has 0 saturated heterocycles. The van der Waals surface area contributed by atoms with Crippen molar-refractivity contribution in [2.24, 2.45) is 0 Å². The van der Waals surface area contributed by atoms with E-state index in [-0.39, 0.29) is 17.8 Å². The van der Waals surface area contributed by atoms with E-state index in [1.54, 1.807) is 0 Å². The summed E-state index contributed by atoms with van der Waals surface area (Å²) in [5, 5.41) is 16.8. The molecule has 0 unspecified atom stereocenters. The van der Waals surface area contributed by atoms with E-state index in [0.717, 1.165) is 17.8 Å². The van der Waals surface area contributed by atoms with Gasteiger partial charge < -0.3 is 15.7 Å². The minimum atomic E-state index is -1.02. The van der Waals surface area contributed by atoms with E-state index in [9.17, 15) is 9.59 Å². The molecule has 1 heterocycles. The lowest BCUT2D eigenvalue weighted by atomic mass is 10.1. The number of nitrogens with zero attached hydrogens (tertiary/aromatic N) is 1. The first kappa shape index (κ1) is 15.8. The van der Waals surface area contributed by atoms with Gasteiger partial charge in [0, 0.05) is 24.4 Å². The Morgan fingerprint density at radius 3 is 2.62 bits per heavy atom. The summed E-state index contributed by atoms with van der Waals surface area (Å²) in [6.07, 6.45) is 7.55. The average molecular weight is 311 g/mol. The van der Waals surface area contributed by atoms with Crippen molar-refractivity contribution in [2.45, 2.75) is 51.0 Å². The maximum absolute atomic E-state index is 11.8. The zero-order valence-corrected chi connectivity index (χ0v) is 12.7. The highest BCUT2D eigenvalue weighted by Crippen LogP contribution is 2.17. The summed E-state index contributed by atoms with van der Waals surface area (Å²) in [4.78, 5) is 26.5. The molecule has 0 bridgehead atoms. The van der Waals surface area contributed by atoms with Crippen LogP contribution in [-0.4, -0.2) is 34.7 Å². The number of carbonyl (C=O) groups is 2. The molecule has 1 fully saturated rings. The van der Waals surface area contributed by atoms with E-state index in [1.807, 2.05) is 0 Å². The fourth-order valence-corrected chi connectivity index (χ4v) is 3.24. The van der Waals surface area contributed by atoms with Gasteiger partial charge in [-0.3, -0.25) is 0 Å². The molecule has 2 amide bonds. The van der Waals surface area contributed by atoms with Crippen molar-refractivity contribution in [1.82, 2.24) is 15.6 Å². The largest absolute Gasteiger partial charge is 0.476 e. The Kier molecular flexibility index (Phi) is 5.98.